The van der Waals surface area contributed by atoms with Crippen molar-refractivity contribution in [3.05, 3.63) is 66.7 Å². The molecule has 1 radical (unpaired) electrons. The van der Waals surface area contributed by atoms with Crippen molar-refractivity contribution in [3.8, 4) is 0 Å². The molecule has 0 amide bonds. The van der Waals surface area contributed by atoms with E-state index in [2.05, 4.69) is 106 Å². The maximum absolute atomic E-state index is 2.49. The zero-order chi connectivity index (χ0) is 21.3. The van der Waals surface area contributed by atoms with E-state index in [4.69, 9.17) is 0 Å². The fraction of sp³-hybridized carbons (Fsp3) is 0.429. The summed E-state index contributed by atoms with van der Waals surface area (Å²) in [5.41, 5.74) is 1.38. The van der Waals surface area contributed by atoms with Crippen LogP contribution in [-0.2, 0) is 0 Å². The average molecular weight is 505 g/mol. The second kappa shape index (κ2) is 9.34. The molecule has 0 bridgehead atoms. The minimum absolute atomic E-state index is 0.769. The molecule has 0 aliphatic heterocycles. The van der Waals surface area contributed by atoms with E-state index in [9.17, 15) is 0 Å². The summed E-state index contributed by atoms with van der Waals surface area (Å²) in [5.74, 6) is 2.48. The standard InChI is InChI=1S/C12H12N.C10H19.C6H5.Sn/c1-13(2)12-9-5-7-10-6-3-4-8-11(10)12;1-8(2)10-6-4-9(3)5-7-10;1-2-4-6-5-3-1;/h3-7,9H,1-2H3;6,8-10H,4-5,7H2,1-3H3;1-5H;/t;9-,10-;;/m.0../s1. The molecule has 3 aromatic rings. The Hall–Kier alpha value is -1.48. The van der Waals surface area contributed by atoms with E-state index >= 15 is 0 Å². The average Bonchev–Trinajstić information content (AvgIpc) is 2.74. The molecule has 1 fully saturated rings. The third-order valence-electron chi connectivity index (χ3n) is 7.13. The van der Waals surface area contributed by atoms with Crippen molar-refractivity contribution >= 4 is 43.4 Å². The monoisotopic (exact) mass is 506 g/mol. The number of anilines is 1. The van der Waals surface area contributed by atoms with E-state index in [0.717, 1.165) is 21.7 Å². The number of benzene rings is 3. The van der Waals surface area contributed by atoms with Crippen LogP contribution in [0.5, 0.6) is 0 Å². The molecular weight excluding hydrogens is 469 g/mol. The summed E-state index contributed by atoms with van der Waals surface area (Å²) >= 11 is -2.21. The van der Waals surface area contributed by atoms with Crippen molar-refractivity contribution in [2.24, 2.45) is 17.8 Å². The van der Waals surface area contributed by atoms with Gasteiger partial charge in [0.05, 0.1) is 0 Å². The van der Waals surface area contributed by atoms with Crippen LogP contribution in [0.2, 0.25) is 3.93 Å². The zero-order valence-electron chi connectivity index (χ0n) is 19.2. The van der Waals surface area contributed by atoms with E-state index in [-0.39, 0.29) is 0 Å². The molecule has 1 aliphatic carbocycles. The summed E-state index contributed by atoms with van der Waals surface area (Å²) in [6, 6.07) is 25.6. The molecule has 30 heavy (non-hydrogen) atoms. The Bertz CT molecular complexity index is 973. The third kappa shape index (κ3) is 4.28. The summed E-state index contributed by atoms with van der Waals surface area (Å²) in [6.45, 7) is 7.42. The van der Waals surface area contributed by atoms with Crippen LogP contribution in [0.15, 0.2) is 66.7 Å². The van der Waals surface area contributed by atoms with Crippen molar-refractivity contribution in [1.29, 1.82) is 0 Å². The van der Waals surface area contributed by atoms with E-state index < -0.39 is 19.8 Å². The Kier molecular flexibility index (Phi) is 6.77. The van der Waals surface area contributed by atoms with Gasteiger partial charge >= 0.3 is 191 Å². The summed E-state index contributed by atoms with van der Waals surface area (Å²) in [4.78, 5) is 2.31. The van der Waals surface area contributed by atoms with Gasteiger partial charge < -0.3 is 0 Å². The second-order valence-electron chi connectivity index (χ2n) is 9.79. The molecule has 2 heteroatoms. The van der Waals surface area contributed by atoms with Gasteiger partial charge in [0.15, 0.2) is 0 Å². The van der Waals surface area contributed by atoms with Crippen LogP contribution in [0, 0.1) is 17.8 Å². The van der Waals surface area contributed by atoms with Gasteiger partial charge in [-0.05, 0) is 0 Å². The van der Waals surface area contributed by atoms with Crippen LogP contribution in [0.4, 0.5) is 5.69 Å². The van der Waals surface area contributed by atoms with Gasteiger partial charge in [-0.3, -0.25) is 0 Å². The number of hydrogen-bond donors (Lipinski definition) is 0. The summed E-state index contributed by atoms with van der Waals surface area (Å²) in [7, 11) is 4.38. The minimum atomic E-state index is -2.21. The van der Waals surface area contributed by atoms with Gasteiger partial charge in [-0.1, -0.05) is 0 Å². The molecular formula is C28H36NSn. The first-order valence-electron chi connectivity index (χ1n) is 11.6. The van der Waals surface area contributed by atoms with Gasteiger partial charge in [-0.15, -0.1) is 0 Å². The summed E-state index contributed by atoms with van der Waals surface area (Å²) in [6.07, 6.45) is 4.22. The third-order valence-corrected chi connectivity index (χ3v) is 16.7. The number of fused-ring (bicyclic) bond motifs is 1. The van der Waals surface area contributed by atoms with Crippen molar-refractivity contribution < 1.29 is 0 Å². The number of rotatable bonds is 5. The molecule has 3 atom stereocenters. The van der Waals surface area contributed by atoms with E-state index in [0.29, 0.717) is 0 Å². The molecule has 3 aromatic carbocycles. The molecule has 0 N–H and O–H groups in total. The SMILES string of the molecule is CC(C)[C@@H]1CC[C@@H](C)C[C@H]1[Sn]([c]1ccccc1)[c]1cccc2cccc(N(C)C)c12. The fourth-order valence-electron chi connectivity index (χ4n) is 5.64. The van der Waals surface area contributed by atoms with E-state index in [1.54, 1.807) is 7.16 Å². The van der Waals surface area contributed by atoms with Gasteiger partial charge in [0.2, 0.25) is 0 Å². The predicted molar refractivity (Wildman–Crippen MR) is 135 cm³/mol. The zero-order valence-corrected chi connectivity index (χ0v) is 22.1. The Morgan fingerprint density at radius 1 is 0.867 bits per heavy atom. The molecule has 1 saturated carbocycles. The Labute approximate surface area is 190 Å². The first-order valence-corrected chi connectivity index (χ1v) is 16.1. The first kappa shape index (κ1) is 21.7. The van der Waals surface area contributed by atoms with Crippen LogP contribution in [0.3, 0.4) is 0 Å². The number of nitrogens with zero attached hydrogens (tertiary/aromatic N) is 1. The maximum atomic E-state index is 2.49. The van der Waals surface area contributed by atoms with Gasteiger partial charge in [-0.25, -0.2) is 0 Å². The summed E-state index contributed by atoms with van der Waals surface area (Å²) in [5, 5.41) is 2.92. The Morgan fingerprint density at radius 2 is 1.57 bits per heavy atom. The molecule has 4 rings (SSSR count). The quantitative estimate of drug-likeness (QED) is 0.386. The predicted octanol–water partition coefficient (Wildman–Crippen LogP) is 5.98. The van der Waals surface area contributed by atoms with Crippen LogP contribution >= 0.6 is 0 Å². The molecule has 0 spiro atoms. The Balaban J connectivity index is 1.96. The second-order valence-corrected chi connectivity index (χ2v) is 17.5. The molecule has 1 nitrogen and oxygen atoms in total. The molecule has 0 aromatic heterocycles. The van der Waals surface area contributed by atoms with Gasteiger partial charge in [0.25, 0.3) is 0 Å². The van der Waals surface area contributed by atoms with Crippen LogP contribution in [-0.4, -0.2) is 33.9 Å². The number of hydrogen-bond acceptors (Lipinski definition) is 1. The molecule has 0 heterocycles. The molecule has 1 aliphatic rings. The van der Waals surface area contributed by atoms with E-state index in [1.807, 2.05) is 0 Å². The van der Waals surface area contributed by atoms with Crippen molar-refractivity contribution in [1.82, 2.24) is 0 Å². The van der Waals surface area contributed by atoms with Crippen LogP contribution < -0.4 is 12.1 Å². The van der Waals surface area contributed by atoms with Crippen molar-refractivity contribution in [2.45, 2.75) is 44.0 Å². The van der Waals surface area contributed by atoms with Gasteiger partial charge in [0.1, 0.15) is 0 Å². The Morgan fingerprint density at radius 3 is 2.23 bits per heavy atom. The summed E-state index contributed by atoms with van der Waals surface area (Å²) < 4.78 is 4.25. The first-order chi connectivity index (χ1) is 14.5. The van der Waals surface area contributed by atoms with Crippen LogP contribution in [0.25, 0.3) is 10.8 Å². The molecule has 157 valence electrons. The fourth-order valence-corrected chi connectivity index (χ4v) is 17.4. The van der Waals surface area contributed by atoms with Crippen molar-refractivity contribution in [3.63, 3.8) is 0 Å². The van der Waals surface area contributed by atoms with Gasteiger partial charge in [-0.2, -0.15) is 0 Å². The molecule has 0 unspecified atom stereocenters. The van der Waals surface area contributed by atoms with E-state index in [1.165, 1.54) is 35.7 Å². The van der Waals surface area contributed by atoms with Crippen LogP contribution in [0.1, 0.15) is 40.0 Å². The van der Waals surface area contributed by atoms with Gasteiger partial charge in [0, 0.05) is 0 Å². The van der Waals surface area contributed by atoms with Crippen molar-refractivity contribution in [2.75, 3.05) is 19.0 Å². The normalized spacial score (nSPS) is 22.0. The topological polar surface area (TPSA) is 3.24 Å². The molecule has 0 saturated heterocycles.